The number of nitrogens with zero attached hydrogens (tertiary/aromatic N) is 2. The van der Waals surface area contributed by atoms with Crippen LogP contribution in [0.5, 0.6) is 0 Å². The Bertz CT molecular complexity index is 2750. The fourth-order valence-electron chi connectivity index (χ4n) is 9.67. The SMILES string of the molecule is c1ccc(Cc2ccc(N3c4ccc(Cc5ccccc5)cc4B4c5cc(Cc6ccccc6)ccc5N(c5ccc(Cc6ccccc6)cc5)c5cccc3c54)cc2)cc1. The van der Waals surface area contributed by atoms with E-state index in [4.69, 9.17) is 0 Å². The molecule has 0 aliphatic carbocycles. The van der Waals surface area contributed by atoms with Crippen LogP contribution in [-0.4, -0.2) is 6.71 Å². The third-order valence-corrected chi connectivity index (χ3v) is 12.5. The average Bonchev–Trinajstić information content (AvgIpc) is 3.31. The summed E-state index contributed by atoms with van der Waals surface area (Å²) in [5, 5.41) is 0. The van der Waals surface area contributed by atoms with E-state index in [9.17, 15) is 0 Å². The third kappa shape index (κ3) is 7.23. The fraction of sp³-hybridized carbons (Fsp3) is 0.0690. The molecule has 0 amide bonds. The standard InChI is InChI=1S/C58H45BN2/c1-5-14-42(15-6-1)36-46-24-30-50(31-25-46)60-54-34-28-48(38-44-18-9-3-10-19-44)40-52(54)59-53-41-49(39-45-20-11-4-12-21-45)29-35-55(53)61(57-23-13-22-56(60)58(57)59)51-32-26-47(27-33-51)37-43-16-7-2-8-17-43/h1-35,40-41H,36-39H2. The predicted molar refractivity (Wildman–Crippen MR) is 257 cm³/mol. The predicted octanol–water partition coefficient (Wildman–Crippen LogP) is 12.1. The van der Waals surface area contributed by atoms with Gasteiger partial charge in [0.05, 0.1) is 0 Å². The first kappa shape index (κ1) is 36.7. The lowest BCUT2D eigenvalue weighted by Crippen LogP contribution is -2.61. The first-order valence-electron chi connectivity index (χ1n) is 21.5. The maximum atomic E-state index is 2.52. The Hall–Kier alpha value is -7.36. The van der Waals surface area contributed by atoms with Gasteiger partial charge in [0.25, 0.3) is 6.71 Å². The lowest BCUT2D eigenvalue weighted by atomic mass is 9.33. The van der Waals surface area contributed by atoms with Gasteiger partial charge in [0.15, 0.2) is 0 Å². The second-order valence-corrected chi connectivity index (χ2v) is 16.6. The van der Waals surface area contributed by atoms with Crippen LogP contribution >= 0.6 is 0 Å². The van der Waals surface area contributed by atoms with Crippen molar-refractivity contribution in [3.8, 4) is 0 Å². The summed E-state index contributed by atoms with van der Waals surface area (Å²) >= 11 is 0. The molecule has 2 aliphatic heterocycles. The van der Waals surface area contributed by atoms with E-state index in [1.807, 2.05) is 0 Å². The van der Waals surface area contributed by atoms with Crippen molar-refractivity contribution in [2.24, 2.45) is 0 Å². The fourth-order valence-corrected chi connectivity index (χ4v) is 9.67. The minimum Gasteiger partial charge on any atom is -0.311 e. The maximum absolute atomic E-state index is 2.52. The molecule has 0 N–H and O–H groups in total. The van der Waals surface area contributed by atoms with Crippen molar-refractivity contribution in [3.05, 3.63) is 269 Å². The largest absolute Gasteiger partial charge is 0.311 e. The molecule has 61 heavy (non-hydrogen) atoms. The molecule has 290 valence electrons. The first-order valence-corrected chi connectivity index (χ1v) is 21.5. The van der Waals surface area contributed by atoms with Gasteiger partial charge in [-0.3, -0.25) is 0 Å². The Morgan fingerprint density at radius 3 is 0.934 bits per heavy atom. The van der Waals surface area contributed by atoms with Gasteiger partial charge in [-0.15, -0.1) is 0 Å². The normalized spacial score (nSPS) is 12.4. The summed E-state index contributed by atoms with van der Waals surface area (Å²) in [4.78, 5) is 5.03. The van der Waals surface area contributed by atoms with Gasteiger partial charge in [-0.05, 0) is 135 Å². The second-order valence-electron chi connectivity index (χ2n) is 16.6. The van der Waals surface area contributed by atoms with Gasteiger partial charge >= 0.3 is 0 Å². The highest BCUT2D eigenvalue weighted by molar-refractivity contribution is 7.00. The lowest BCUT2D eigenvalue weighted by molar-refractivity contribution is 1.17. The first-order chi connectivity index (χ1) is 30.2. The molecule has 0 spiro atoms. The molecular formula is C58H45BN2. The topological polar surface area (TPSA) is 6.48 Å². The summed E-state index contributed by atoms with van der Waals surface area (Å²) in [5.74, 6) is 0. The molecule has 3 heteroatoms. The molecule has 2 aliphatic rings. The zero-order valence-electron chi connectivity index (χ0n) is 34.2. The molecule has 0 aromatic heterocycles. The third-order valence-electron chi connectivity index (χ3n) is 12.5. The van der Waals surface area contributed by atoms with Crippen LogP contribution in [0.4, 0.5) is 34.1 Å². The van der Waals surface area contributed by atoms with E-state index in [0.29, 0.717) is 0 Å². The molecule has 0 bridgehead atoms. The highest BCUT2D eigenvalue weighted by atomic mass is 15.2. The summed E-state index contributed by atoms with van der Waals surface area (Å²) < 4.78 is 0. The van der Waals surface area contributed by atoms with Gasteiger partial charge in [0.1, 0.15) is 0 Å². The molecule has 0 atom stereocenters. The summed E-state index contributed by atoms with van der Waals surface area (Å²) in [6.07, 6.45) is 3.58. The second kappa shape index (κ2) is 16.0. The number of fused-ring (bicyclic) bond motifs is 4. The van der Waals surface area contributed by atoms with Gasteiger partial charge in [-0.25, -0.2) is 0 Å². The smallest absolute Gasteiger partial charge is 0.252 e. The maximum Gasteiger partial charge on any atom is 0.252 e. The molecule has 2 nitrogen and oxygen atoms in total. The molecule has 9 aromatic carbocycles. The van der Waals surface area contributed by atoms with E-state index in [-0.39, 0.29) is 6.71 Å². The van der Waals surface area contributed by atoms with Crippen LogP contribution in [0.1, 0.15) is 44.5 Å². The lowest BCUT2D eigenvalue weighted by Gasteiger charge is -2.44. The highest BCUT2D eigenvalue weighted by Gasteiger charge is 2.43. The Morgan fingerprint density at radius 1 is 0.262 bits per heavy atom. The quantitative estimate of drug-likeness (QED) is 0.128. The van der Waals surface area contributed by atoms with Crippen molar-refractivity contribution in [1.29, 1.82) is 0 Å². The van der Waals surface area contributed by atoms with Gasteiger partial charge in [-0.1, -0.05) is 176 Å². The van der Waals surface area contributed by atoms with Crippen LogP contribution in [0.15, 0.2) is 224 Å². The van der Waals surface area contributed by atoms with Crippen molar-refractivity contribution in [1.82, 2.24) is 0 Å². The number of benzene rings is 9. The van der Waals surface area contributed by atoms with Gasteiger partial charge in [-0.2, -0.15) is 0 Å². The summed E-state index contributed by atoms with van der Waals surface area (Å²) in [6.45, 7) is 0.0462. The number of anilines is 6. The molecule has 0 unspecified atom stereocenters. The highest BCUT2D eigenvalue weighted by Crippen LogP contribution is 2.44. The van der Waals surface area contributed by atoms with E-state index in [1.165, 1.54) is 95.0 Å². The number of hydrogen-bond acceptors (Lipinski definition) is 2. The Morgan fingerprint density at radius 2 is 0.574 bits per heavy atom. The van der Waals surface area contributed by atoms with Crippen molar-refractivity contribution < 1.29 is 0 Å². The molecule has 9 aromatic rings. The summed E-state index contributed by atoms with van der Waals surface area (Å²) in [5.41, 5.74) is 21.8. The molecule has 0 radical (unpaired) electrons. The Kier molecular flexibility index (Phi) is 9.63. The van der Waals surface area contributed by atoms with E-state index in [0.717, 1.165) is 25.7 Å². The van der Waals surface area contributed by atoms with E-state index in [1.54, 1.807) is 0 Å². The van der Waals surface area contributed by atoms with Crippen LogP contribution < -0.4 is 26.2 Å². The monoisotopic (exact) mass is 780 g/mol. The van der Waals surface area contributed by atoms with Crippen molar-refractivity contribution in [3.63, 3.8) is 0 Å². The molecular weight excluding hydrogens is 735 g/mol. The minimum absolute atomic E-state index is 0.0462. The van der Waals surface area contributed by atoms with Crippen molar-refractivity contribution in [2.45, 2.75) is 25.7 Å². The van der Waals surface area contributed by atoms with E-state index < -0.39 is 0 Å². The van der Waals surface area contributed by atoms with Crippen LogP contribution in [0.2, 0.25) is 0 Å². The van der Waals surface area contributed by atoms with Crippen LogP contribution in [-0.2, 0) is 25.7 Å². The van der Waals surface area contributed by atoms with E-state index in [2.05, 4.69) is 234 Å². The molecule has 2 heterocycles. The summed E-state index contributed by atoms with van der Waals surface area (Å²) in [6, 6.07) is 83.2. The van der Waals surface area contributed by atoms with Crippen LogP contribution in [0, 0.1) is 0 Å². The van der Waals surface area contributed by atoms with Gasteiger partial charge < -0.3 is 9.80 Å². The van der Waals surface area contributed by atoms with Gasteiger partial charge in [0.2, 0.25) is 0 Å². The summed E-state index contributed by atoms with van der Waals surface area (Å²) in [7, 11) is 0. The average molecular weight is 781 g/mol. The van der Waals surface area contributed by atoms with Gasteiger partial charge in [0, 0.05) is 34.1 Å². The van der Waals surface area contributed by atoms with Crippen molar-refractivity contribution in [2.75, 3.05) is 9.80 Å². The minimum atomic E-state index is 0.0462. The Balaban J connectivity index is 1.08. The zero-order chi connectivity index (χ0) is 40.5. The molecule has 0 fully saturated rings. The van der Waals surface area contributed by atoms with E-state index >= 15 is 0 Å². The van der Waals surface area contributed by atoms with Crippen LogP contribution in [0.25, 0.3) is 0 Å². The number of rotatable bonds is 10. The molecule has 11 rings (SSSR count). The number of hydrogen-bond donors (Lipinski definition) is 0. The van der Waals surface area contributed by atoms with Crippen molar-refractivity contribution >= 4 is 57.2 Å². The molecule has 0 saturated carbocycles. The Labute approximate surface area is 360 Å². The zero-order valence-corrected chi connectivity index (χ0v) is 34.2. The van der Waals surface area contributed by atoms with Crippen LogP contribution in [0.3, 0.4) is 0 Å². The molecule has 0 saturated heterocycles.